The van der Waals surface area contributed by atoms with Crippen molar-refractivity contribution in [2.45, 2.75) is 70.8 Å². The molecule has 1 fully saturated rings. The first-order valence-corrected chi connectivity index (χ1v) is 10.0. The standard InChI is InChI=1S/C14H29NO3Si/c1-10(16)15-12-7-11(8-13(12)17)9-18-19(5,6)14(2,3)4/h11-13,17H,7-9H2,1-6H3,(H,15,16). The summed E-state index contributed by atoms with van der Waals surface area (Å²) in [6.07, 6.45) is 1.10. The van der Waals surface area contributed by atoms with Crippen LogP contribution in [0.3, 0.4) is 0 Å². The molecule has 0 bridgehead atoms. The maximum absolute atomic E-state index is 11.1. The van der Waals surface area contributed by atoms with E-state index < -0.39 is 14.4 Å². The lowest BCUT2D eigenvalue weighted by Gasteiger charge is -2.37. The van der Waals surface area contributed by atoms with Gasteiger partial charge in [-0.3, -0.25) is 4.79 Å². The van der Waals surface area contributed by atoms with Gasteiger partial charge in [0.15, 0.2) is 8.32 Å². The maximum Gasteiger partial charge on any atom is 0.217 e. The third-order valence-electron chi connectivity index (χ3n) is 4.50. The van der Waals surface area contributed by atoms with Crippen molar-refractivity contribution in [1.29, 1.82) is 0 Å². The zero-order valence-electron chi connectivity index (χ0n) is 13.1. The summed E-state index contributed by atoms with van der Waals surface area (Å²) in [4.78, 5) is 11.1. The van der Waals surface area contributed by atoms with E-state index in [-0.39, 0.29) is 17.0 Å². The van der Waals surface area contributed by atoms with E-state index in [0.29, 0.717) is 12.5 Å². The Hall–Kier alpha value is -0.393. The van der Waals surface area contributed by atoms with Crippen LogP contribution >= 0.6 is 0 Å². The van der Waals surface area contributed by atoms with Crippen LogP contribution in [0, 0.1) is 5.92 Å². The lowest BCUT2D eigenvalue weighted by molar-refractivity contribution is -0.120. The molecule has 1 aliphatic carbocycles. The highest BCUT2D eigenvalue weighted by atomic mass is 28.4. The van der Waals surface area contributed by atoms with E-state index >= 15 is 0 Å². The first-order chi connectivity index (χ1) is 8.53. The van der Waals surface area contributed by atoms with Crippen molar-refractivity contribution < 1.29 is 14.3 Å². The molecule has 3 unspecified atom stereocenters. The molecule has 3 atom stereocenters. The van der Waals surface area contributed by atoms with Gasteiger partial charge < -0.3 is 14.8 Å². The molecule has 0 aromatic heterocycles. The topological polar surface area (TPSA) is 58.6 Å². The fourth-order valence-electron chi connectivity index (χ4n) is 2.21. The summed E-state index contributed by atoms with van der Waals surface area (Å²) in [5.74, 6) is 0.274. The molecule has 0 spiro atoms. The van der Waals surface area contributed by atoms with Crippen molar-refractivity contribution in [3.63, 3.8) is 0 Å². The van der Waals surface area contributed by atoms with Gasteiger partial charge in [0, 0.05) is 13.5 Å². The van der Waals surface area contributed by atoms with Gasteiger partial charge in [-0.05, 0) is 36.9 Å². The van der Waals surface area contributed by atoms with Crippen LogP contribution < -0.4 is 5.32 Å². The van der Waals surface area contributed by atoms with Crippen molar-refractivity contribution in [2.75, 3.05) is 6.61 Å². The Labute approximate surface area is 118 Å². The average Bonchev–Trinajstić information content (AvgIpc) is 2.54. The number of carbonyl (C=O) groups is 1. The lowest BCUT2D eigenvalue weighted by Crippen LogP contribution is -2.42. The minimum atomic E-state index is -1.72. The van der Waals surface area contributed by atoms with Crippen LogP contribution in [0.1, 0.15) is 40.5 Å². The maximum atomic E-state index is 11.1. The van der Waals surface area contributed by atoms with Crippen LogP contribution in [0.5, 0.6) is 0 Å². The molecule has 0 aromatic carbocycles. The molecule has 0 saturated heterocycles. The summed E-state index contributed by atoms with van der Waals surface area (Å²) in [6.45, 7) is 13.3. The molecular weight excluding hydrogens is 258 g/mol. The predicted octanol–water partition coefficient (Wildman–Crippen LogP) is 2.28. The second kappa shape index (κ2) is 5.93. The van der Waals surface area contributed by atoms with Gasteiger partial charge in [-0.2, -0.15) is 0 Å². The molecule has 5 heteroatoms. The zero-order valence-corrected chi connectivity index (χ0v) is 14.1. The summed E-state index contributed by atoms with van der Waals surface area (Å²) in [5, 5.41) is 13.0. The molecule has 19 heavy (non-hydrogen) atoms. The van der Waals surface area contributed by atoms with Crippen molar-refractivity contribution in [2.24, 2.45) is 5.92 Å². The summed E-state index contributed by atoms with van der Waals surface area (Å²) >= 11 is 0. The summed E-state index contributed by atoms with van der Waals surface area (Å²) in [7, 11) is -1.72. The van der Waals surface area contributed by atoms with Crippen LogP contribution in [0.4, 0.5) is 0 Å². The van der Waals surface area contributed by atoms with Crippen molar-refractivity contribution >= 4 is 14.2 Å². The molecule has 1 saturated carbocycles. The first-order valence-electron chi connectivity index (χ1n) is 7.12. The SMILES string of the molecule is CC(=O)NC1CC(CO[Si](C)(C)C(C)(C)C)CC1O. The second-order valence-electron chi connectivity index (χ2n) is 7.28. The Morgan fingerprint density at radius 1 is 1.37 bits per heavy atom. The Balaban J connectivity index is 2.46. The van der Waals surface area contributed by atoms with Crippen LogP contribution in [0.2, 0.25) is 18.1 Å². The quantitative estimate of drug-likeness (QED) is 0.780. The van der Waals surface area contributed by atoms with Gasteiger partial charge >= 0.3 is 0 Å². The molecule has 1 amide bonds. The van der Waals surface area contributed by atoms with Gasteiger partial charge in [0.2, 0.25) is 5.91 Å². The number of hydrogen-bond acceptors (Lipinski definition) is 3. The molecule has 0 heterocycles. The van der Waals surface area contributed by atoms with Gasteiger partial charge in [-0.15, -0.1) is 0 Å². The summed E-state index contributed by atoms with van der Waals surface area (Å²) in [5.41, 5.74) is 0. The normalized spacial score (nSPS) is 28.5. The molecule has 2 N–H and O–H groups in total. The molecular formula is C14H29NO3Si. The fourth-order valence-corrected chi connectivity index (χ4v) is 3.30. The predicted molar refractivity (Wildman–Crippen MR) is 79.5 cm³/mol. The Bertz CT molecular complexity index is 325. The van der Waals surface area contributed by atoms with Crippen molar-refractivity contribution in [3.8, 4) is 0 Å². The highest BCUT2D eigenvalue weighted by Gasteiger charge is 2.39. The molecule has 112 valence electrons. The number of hydrogen-bond donors (Lipinski definition) is 2. The van der Waals surface area contributed by atoms with Gasteiger partial charge in [-0.25, -0.2) is 0 Å². The van der Waals surface area contributed by atoms with E-state index in [1.54, 1.807) is 0 Å². The number of nitrogens with one attached hydrogen (secondary N) is 1. The van der Waals surface area contributed by atoms with Crippen molar-refractivity contribution in [3.05, 3.63) is 0 Å². The first kappa shape index (κ1) is 16.7. The van der Waals surface area contributed by atoms with Gasteiger partial charge in [-0.1, -0.05) is 20.8 Å². The summed E-state index contributed by atoms with van der Waals surface area (Å²) < 4.78 is 6.19. The second-order valence-corrected chi connectivity index (χ2v) is 12.1. The highest BCUT2D eigenvalue weighted by Crippen LogP contribution is 2.37. The Morgan fingerprint density at radius 3 is 2.42 bits per heavy atom. The number of aliphatic hydroxyl groups excluding tert-OH is 1. The van der Waals surface area contributed by atoms with Crippen LogP contribution in [-0.4, -0.2) is 38.1 Å². The monoisotopic (exact) mass is 287 g/mol. The number of aliphatic hydroxyl groups is 1. The largest absolute Gasteiger partial charge is 0.417 e. The van der Waals surface area contributed by atoms with E-state index in [9.17, 15) is 9.90 Å². The van der Waals surface area contributed by atoms with Crippen LogP contribution in [0.15, 0.2) is 0 Å². The van der Waals surface area contributed by atoms with Crippen molar-refractivity contribution in [1.82, 2.24) is 5.32 Å². The number of carbonyl (C=O) groups excluding carboxylic acids is 1. The fraction of sp³-hybridized carbons (Fsp3) is 0.929. The molecule has 0 radical (unpaired) electrons. The molecule has 1 rings (SSSR count). The van der Waals surface area contributed by atoms with Gasteiger partial charge in [0.1, 0.15) is 0 Å². The minimum Gasteiger partial charge on any atom is -0.417 e. The third kappa shape index (κ3) is 4.58. The van der Waals surface area contributed by atoms with Gasteiger partial charge in [0.05, 0.1) is 12.1 Å². The lowest BCUT2D eigenvalue weighted by atomic mass is 10.1. The summed E-state index contributed by atoms with van der Waals surface area (Å²) in [6, 6.07) is -0.106. The Kier molecular flexibility index (Phi) is 5.20. The zero-order chi connectivity index (χ0) is 14.8. The average molecular weight is 287 g/mol. The minimum absolute atomic E-state index is 0.0741. The van der Waals surface area contributed by atoms with Crippen LogP contribution in [-0.2, 0) is 9.22 Å². The van der Waals surface area contributed by atoms with E-state index in [2.05, 4.69) is 39.2 Å². The molecule has 0 aromatic rings. The molecule has 1 aliphatic rings. The van der Waals surface area contributed by atoms with E-state index in [1.807, 2.05) is 0 Å². The number of rotatable bonds is 4. The van der Waals surface area contributed by atoms with E-state index in [1.165, 1.54) is 6.92 Å². The number of amides is 1. The highest BCUT2D eigenvalue weighted by molar-refractivity contribution is 6.74. The molecule has 4 nitrogen and oxygen atoms in total. The van der Waals surface area contributed by atoms with Gasteiger partial charge in [0.25, 0.3) is 0 Å². The smallest absolute Gasteiger partial charge is 0.217 e. The van der Waals surface area contributed by atoms with Crippen LogP contribution in [0.25, 0.3) is 0 Å². The van der Waals surface area contributed by atoms with E-state index in [4.69, 9.17) is 4.43 Å². The molecule has 0 aliphatic heterocycles. The Morgan fingerprint density at radius 2 is 1.95 bits per heavy atom. The van der Waals surface area contributed by atoms with E-state index in [0.717, 1.165) is 12.8 Å². The third-order valence-corrected chi connectivity index (χ3v) is 9.00.